The topological polar surface area (TPSA) is 149 Å². The van der Waals surface area contributed by atoms with Crippen molar-refractivity contribution in [1.82, 2.24) is 0 Å². The SMILES string of the molecule is CC1(C)O[C@H]2[C@@H]([C@H](O)CN=[N+]=[N-])OC(OC(=O)c3ccccc3)[C@@]2(COC(=O)c2ccccc2)O1. The van der Waals surface area contributed by atoms with E-state index < -0.39 is 54.5 Å². The number of rotatable bonds is 8. The zero-order valence-electron chi connectivity index (χ0n) is 19.1. The zero-order valence-corrected chi connectivity index (χ0v) is 19.1. The van der Waals surface area contributed by atoms with Gasteiger partial charge in [0.2, 0.25) is 6.29 Å². The van der Waals surface area contributed by atoms with Crippen molar-refractivity contribution >= 4 is 11.9 Å². The number of aliphatic hydroxyl groups is 1. The van der Waals surface area contributed by atoms with Gasteiger partial charge in [-0.3, -0.25) is 0 Å². The standard InChI is InChI=1S/C24H25N3O8/c1-23(2)34-19-18(17(28)13-26-27-25)32-22(33-21(30)16-11-7-4-8-12-16)24(19,35-23)14-31-20(29)15-9-5-3-6-10-15/h3-12,17-19,22,28H,13-14H2,1-2H3/t17-,18-,19+,22?,24+/m1/s1. The first-order chi connectivity index (χ1) is 16.8. The van der Waals surface area contributed by atoms with Crippen molar-refractivity contribution in [3.05, 3.63) is 82.2 Å². The number of carbonyl (C=O) groups is 2. The Kier molecular flexibility index (Phi) is 7.06. The molecule has 2 aromatic rings. The van der Waals surface area contributed by atoms with E-state index in [2.05, 4.69) is 10.0 Å². The number of azide groups is 1. The van der Waals surface area contributed by atoms with Gasteiger partial charge in [0.1, 0.15) is 18.8 Å². The minimum atomic E-state index is -1.60. The van der Waals surface area contributed by atoms with Gasteiger partial charge >= 0.3 is 11.9 Å². The third-order valence-corrected chi connectivity index (χ3v) is 5.68. The molecule has 0 saturated carbocycles. The van der Waals surface area contributed by atoms with Crippen molar-refractivity contribution < 1.29 is 38.4 Å². The number of benzene rings is 2. The van der Waals surface area contributed by atoms with Crippen LogP contribution < -0.4 is 0 Å². The molecule has 1 unspecified atom stereocenters. The predicted octanol–water partition coefficient (Wildman–Crippen LogP) is 2.99. The molecule has 0 radical (unpaired) electrons. The lowest BCUT2D eigenvalue weighted by atomic mass is 9.93. The Hall–Kier alpha value is -3.47. The maximum absolute atomic E-state index is 12.9. The lowest BCUT2D eigenvalue weighted by molar-refractivity contribution is -0.257. The summed E-state index contributed by atoms with van der Waals surface area (Å²) < 4.78 is 29.3. The van der Waals surface area contributed by atoms with E-state index in [1.54, 1.807) is 74.5 Å². The molecule has 4 rings (SSSR count). The minimum Gasteiger partial charge on any atom is -0.459 e. The maximum atomic E-state index is 12.9. The molecule has 0 bridgehead atoms. The molecule has 35 heavy (non-hydrogen) atoms. The second-order valence-electron chi connectivity index (χ2n) is 8.62. The summed E-state index contributed by atoms with van der Waals surface area (Å²) in [5, 5.41) is 14.1. The summed E-state index contributed by atoms with van der Waals surface area (Å²) in [6.45, 7) is 2.56. The Morgan fingerprint density at radius 2 is 1.69 bits per heavy atom. The molecular formula is C24H25N3O8. The summed E-state index contributed by atoms with van der Waals surface area (Å²) >= 11 is 0. The summed E-state index contributed by atoms with van der Waals surface area (Å²) in [7, 11) is 0. The van der Waals surface area contributed by atoms with Gasteiger partial charge in [0.05, 0.1) is 23.8 Å². The largest absolute Gasteiger partial charge is 0.459 e. The molecule has 0 aromatic heterocycles. The Bertz CT molecular complexity index is 1110. The molecule has 11 nitrogen and oxygen atoms in total. The maximum Gasteiger partial charge on any atom is 0.340 e. The zero-order chi connectivity index (χ0) is 25.1. The van der Waals surface area contributed by atoms with Crippen LogP contribution in [-0.4, -0.2) is 66.2 Å². The summed E-state index contributed by atoms with van der Waals surface area (Å²) in [6, 6.07) is 16.6. The number of nitrogens with zero attached hydrogens (tertiary/aromatic N) is 3. The van der Waals surface area contributed by atoms with Crippen LogP contribution in [0.25, 0.3) is 10.4 Å². The van der Waals surface area contributed by atoms with Crippen molar-refractivity contribution in [3.8, 4) is 0 Å². The van der Waals surface area contributed by atoms with Gasteiger partial charge in [0, 0.05) is 4.91 Å². The molecule has 2 aliphatic heterocycles. The molecule has 1 N–H and O–H groups in total. The van der Waals surface area contributed by atoms with E-state index in [-0.39, 0.29) is 12.1 Å². The van der Waals surface area contributed by atoms with Crippen LogP contribution in [0, 0.1) is 0 Å². The van der Waals surface area contributed by atoms with E-state index in [9.17, 15) is 14.7 Å². The molecule has 2 aliphatic rings. The monoisotopic (exact) mass is 483 g/mol. The van der Waals surface area contributed by atoms with Gasteiger partial charge in [0.15, 0.2) is 11.4 Å². The van der Waals surface area contributed by atoms with Crippen molar-refractivity contribution in [2.24, 2.45) is 5.11 Å². The first-order valence-corrected chi connectivity index (χ1v) is 11.0. The molecule has 0 spiro atoms. The average molecular weight is 483 g/mol. The highest BCUT2D eigenvalue weighted by molar-refractivity contribution is 5.90. The van der Waals surface area contributed by atoms with Gasteiger partial charge in [-0.15, -0.1) is 0 Å². The first-order valence-electron chi connectivity index (χ1n) is 11.0. The number of fused-ring (bicyclic) bond motifs is 1. The molecule has 11 heteroatoms. The predicted molar refractivity (Wildman–Crippen MR) is 120 cm³/mol. The molecule has 2 heterocycles. The number of hydrogen-bond donors (Lipinski definition) is 1. The quantitative estimate of drug-likeness (QED) is 0.261. The van der Waals surface area contributed by atoms with Crippen LogP contribution >= 0.6 is 0 Å². The second kappa shape index (κ2) is 10.0. The van der Waals surface area contributed by atoms with Crippen LogP contribution in [0.5, 0.6) is 0 Å². The van der Waals surface area contributed by atoms with Gasteiger partial charge < -0.3 is 28.8 Å². The van der Waals surface area contributed by atoms with Gasteiger partial charge in [-0.25, -0.2) is 9.59 Å². The van der Waals surface area contributed by atoms with E-state index >= 15 is 0 Å². The van der Waals surface area contributed by atoms with E-state index in [0.29, 0.717) is 5.56 Å². The smallest absolute Gasteiger partial charge is 0.340 e. The molecule has 0 aliphatic carbocycles. The number of aliphatic hydroxyl groups excluding tert-OH is 1. The molecular weight excluding hydrogens is 458 g/mol. The van der Waals surface area contributed by atoms with Crippen LogP contribution in [0.3, 0.4) is 0 Å². The van der Waals surface area contributed by atoms with E-state index in [1.165, 1.54) is 0 Å². The Labute approximate surface area is 201 Å². The Morgan fingerprint density at radius 3 is 2.29 bits per heavy atom. The van der Waals surface area contributed by atoms with Gasteiger partial charge in [-0.05, 0) is 43.6 Å². The molecule has 2 fully saturated rings. The van der Waals surface area contributed by atoms with Crippen LogP contribution in [0.4, 0.5) is 0 Å². The third kappa shape index (κ3) is 5.14. The molecule has 5 atom stereocenters. The first kappa shape index (κ1) is 24.6. The van der Waals surface area contributed by atoms with Gasteiger partial charge in [-0.2, -0.15) is 0 Å². The summed E-state index contributed by atoms with van der Waals surface area (Å²) in [4.78, 5) is 28.2. The van der Waals surface area contributed by atoms with E-state index in [4.69, 9.17) is 29.2 Å². The van der Waals surface area contributed by atoms with Crippen LogP contribution in [0.15, 0.2) is 65.8 Å². The van der Waals surface area contributed by atoms with E-state index in [0.717, 1.165) is 0 Å². The Balaban J connectivity index is 1.65. The number of carbonyl (C=O) groups excluding carboxylic acids is 2. The highest BCUT2D eigenvalue weighted by atomic mass is 16.8. The normalized spacial score (nSPS) is 27.3. The third-order valence-electron chi connectivity index (χ3n) is 5.68. The number of ether oxygens (including phenoxy) is 5. The van der Waals surface area contributed by atoms with E-state index in [1.807, 2.05) is 0 Å². The summed E-state index contributed by atoms with van der Waals surface area (Å²) in [6.07, 6.45) is -4.83. The fourth-order valence-electron chi connectivity index (χ4n) is 4.20. The summed E-state index contributed by atoms with van der Waals surface area (Å²) in [5.41, 5.74) is 7.64. The molecule has 184 valence electrons. The van der Waals surface area contributed by atoms with Crippen molar-refractivity contribution in [2.45, 2.75) is 49.8 Å². The van der Waals surface area contributed by atoms with Crippen LogP contribution in [0.2, 0.25) is 0 Å². The van der Waals surface area contributed by atoms with Crippen molar-refractivity contribution in [3.63, 3.8) is 0 Å². The van der Waals surface area contributed by atoms with Crippen molar-refractivity contribution in [1.29, 1.82) is 0 Å². The second-order valence-corrected chi connectivity index (χ2v) is 8.62. The molecule has 0 amide bonds. The summed E-state index contributed by atoms with van der Waals surface area (Å²) in [5.74, 6) is -2.53. The number of hydrogen-bond acceptors (Lipinski definition) is 9. The lowest BCUT2D eigenvalue weighted by Gasteiger charge is -2.31. The molecule has 2 aromatic carbocycles. The minimum absolute atomic E-state index is 0.264. The van der Waals surface area contributed by atoms with Crippen molar-refractivity contribution in [2.75, 3.05) is 13.2 Å². The molecule has 2 saturated heterocycles. The lowest BCUT2D eigenvalue weighted by Crippen LogP contribution is -2.53. The fourth-order valence-corrected chi connectivity index (χ4v) is 4.20. The van der Waals surface area contributed by atoms with Crippen LogP contribution in [0.1, 0.15) is 34.6 Å². The fraction of sp³-hybridized carbons (Fsp3) is 0.417. The number of esters is 2. The van der Waals surface area contributed by atoms with Crippen LogP contribution in [-0.2, 0) is 23.7 Å². The Morgan fingerprint density at radius 1 is 1.09 bits per heavy atom. The highest BCUT2D eigenvalue weighted by Crippen LogP contribution is 2.48. The average Bonchev–Trinajstić information content (AvgIpc) is 3.30. The van der Waals surface area contributed by atoms with Gasteiger partial charge in [-0.1, -0.05) is 41.5 Å². The van der Waals surface area contributed by atoms with Gasteiger partial charge in [0.25, 0.3) is 0 Å². The highest BCUT2D eigenvalue weighted by Gasteiger charge is 2.69.